The molecule has 0 spiro atoms. The Morgan fingerprint density at radius 2 is 1.88 bits per heavy atom. The molecule has 0 unspecified atom stereocenters. The molecule has 0 aliphatic carbocycles. The van der Waals surface area contributed by atoms with E-state index >= 15 is 0 Å². The molecule has 4 heteroatoms. The van der Waals surface area contributed by atoms with Gasteiger partial charge in [-0.1, -0.05) is 18.2 Å². The van der Waals surface area contributed by atoms with E-state index in [9.17, 15) is 4.79 Å². The van der Waals surface area contributed by atoms with Gasteiger partial charge in [0.1, 0.15) is 0 Å². The van der Waals surface area contributed by atoms with Crippen molar-refractivity contribution in [3.8, 4) is 0 Å². The second-order valence-corrected chi connectivity index (χ2v) is 3.43. The summed E-state index contributed by atoms with van der Waals surface area (Å²) in [5.74, 6) is 0. The minimum atomic E-state index is -0.0952. The van der Waals surface area contributed by atoms with Crippen molar-refractivity contribution in [2.24, 2.45) is 0 Å². The Morgan fingerprint density at radius 1 is 1.12 bits per heavy atom. The highest BCUT2D eigenvalue weighted by atomic mass is 16.2. The van der Waals surface area contributed by atoms with Crippen LogP contribution >= 0.6 is 0 Å². The van der Waals surface area contributed by atoms with Crippen LogP contribution in [-0.2, 0) is 0 Å². The summed E-state index contributed by atoms with van der Waals surface area (Å²) in [5.41, 5.74) is 1.11. The van der Waals surface area contributed by atoms with Gasteiger partial charge in [-0.3, -0.25) is 0 Å². The molecule has 0 aliphatic heterocycles. The van der Waals surface area contributed by atoms with Crippen LogP contribution in [0.15, 0.2) is 30.3 Å². The van der Waals surface area contributed by atoms with Crippen LogP contribution < -0.4 is 16.0 Å². The van der Waals surface area contributed by atoms with E-state index in [4.69, 9.17) is 0 Å². The molecule has 4 nitrogen and oxygen atoms in total. The first-order valence-corrected chi connectivity index (χ1v) is 5.63. The summed E-state index contributed by atoms with van der Waals surface area (Å²) >= 11 is 0. The number of carbonyl (C=O) groups is 1. The Labute approximate surface area is 96.4 Å². The number of carbonyl (C=O) groups excluding carboxylic acids is 1. The largest absolute Gasteiger partial charge is 0.385 e. The highest BCUT2D eigenvalue weighted by molar-refractivity contribution is 5.73. The summed E-state index contributed by atoms with van der Waals surface area (Å²) in [6.45, 7) is 4.10. The van der Waals surface area contributed by atoms with Crippen LogP contribution in [0.2, 0.25) is 0 Å². The van der Waals surface area contributed by atoms with Gasteiger partial charge in [-0.25, -0.2) is 4.79 Å². The fourth-order valence-electron chi connectivity index (χ4n) is 1.30. The number of rotatable bonds is 6. The number of amides is 2. The summed E-state index contributed by atoms with van der Waals surface area (Å²) in [6, 6.07) is 9.93. The van der Waals surface area contributed by atoms with Gasteiger partial charge < -0.3 is 16.0 Å². The second kappa shape index (κ2) is 7.56. The van der Waals surface area contributed by atoms with Gasteiger partial charge in [0.15, 0.2) is 0 Å². The van der Waals surface area contributed by atoms with Crippen LogP contribution in [0.1, 0.15) is 13.3 Å². The Bertz CT molecular complexity index is 300. The van der Waals surface area contributed by atoms with Crippen LogP contribution in [0.25, 0.3) is 0 Å². The maximum absolute atomic E-state index is 11.0. The molecule has 1 rings (SSSR count). The van der Waals surface area contributed by atoms with E-state index in [1.165, 1.54) is 0 Å². The van der Waals surface area contributed by atoms with E-state index < -0.39 is 0 Å². The van der Waals surface area contributed by atoms with Crippen LogP contribution in [0.4, 0.5) is 10.5 Å². The molecule has 0 heterocycles. The van der Waals surface area contributed by atoms with Crippen LogP contribution in [0.3, 0.4) is 0 Å². The van der Waals surface area contributed by atoms with Gasteiger partial charge in [-0.2, -0.15) is 0 Å². The normalized spacial score (nSPS) is 9.56. The first-order chi connectivity index (χ1) is 7.83. The predicted molar refractivity (Wildman–Crippen MR) is 66.6 cm³/mol. The lowest BCUT2D eigenvalue weighted by Gasteiger charge is -2.07. The molecule has 2 amide bonds. The van der Waals surface area contributed by atoms with E-state index in [1.807, 2.05) is 37.3 Å². The topological polar surface area (TPSA) is 53.2 Å². The SMILES string of the molecule is CCNC(=O)NCCCNc1ccccc1. The van der Waals surface area contributed by atoms with Crippen molar-refractivity contribution in [3.05, 3.63) is 30.3 Å². The van der Waals surface area contributed by atoms with Crippen molar-refractivity contribution < 1.29 is 4.79 Å². The Balaban J connectivity index is 2.02. The lowest BCUT2D eigenvalue weighted by atomic mass is 10.3. The molecule has 0 atom stereocenters. The van der Waals surface area contributed by atoms with Crippen LogP contribution in [-0.4, -0.2) is 25.7 Å². The lowest BCUT2D eigenvalue weighted by Crippen LogP contribution is -2.36. The average molecular weight is 221 g/mol. The van der Waals surface area contributed by atoms with Gasteiger partial charge in [0, 0.05) is 25.3 Å². The quantitative estimate of drug-likeness (QED) is 0.642. The Hall–Kier alpha value is -1.71. The van der Waals surface area contributed by atoms with Gasteiger partial charge in [-0.15, -0.1) is 0 Å². The second-order valence-electron chi connectivity index (χ2n) is 3.43. The third-order valence-electron chi connectivity index (χ3n) is 2.08. The number of benzene rings is 1. The standard InChI is InChI=1S/C12H19N3O/c1-2-13-12(16)15-10-6-9-14-11-7-4-3-5-8-11/h3-5,7-8,14H,2,6,9-10H2,1H3,(H2,13,15,16). The summed E-state index contributed by atoms with van der Waals surface area (Å²) in [5, 5.41) is 8.74. The highest BCUT2D eigenvalue weighted by Crippen LogP contribution is 2.03. The fourth-order valence-corrected chi connectivity index (χ4v) is 1.30. The van der Waals surface area contributed by atoms with Crippen molar-refractivity contribution in [2.45, 2.75) is 13.3 Å². The van der Waals surface area contributed by atoms with E-state index in [0.29, 0.717) is 13.1 Å². The number of urea groups is 1. The molecule has 0 fully saturated rings. The van der Waals surface area contributed by atoms with Crippen LogP contribution in [0.5, 0.6) is 0 Å². The van der Waals surface area contributed by atoms with E-state index in [1.54, 1.807) is 0 Å². The molecule has 0 saturated carbocycles. The summed E-state index contributed by atoms with van der Waals surface area (Å²) in [7, 11) is 0. The van der Waals surface area contributed by atoms with Gasteiger partial charge in [0.25, 0.3) is 0 Å². The number of hydrogen-bond acceptors (Lipinski definition) is 2. The summed E-state index contributed by atoms with van der Waals surface area (Å²) < 4.78 is 0. The molecular formula is C12H19N3O. The zero-order chi connectivity index (χ0) is 11.6. The number of nitrogens with one attached hydrogen (secondary N) is 3. The number of hydrogen-bond donors (Lipinski definition) is 3. The molecule has 0 saturated heterocycles. The minimum Gasteiger partial charge on any atom is -0.385 e. The van der Waals surface area contributed by atoms with Crippen molar-refractivity contribution >= 4 is 11.7 Å². The molecule has 3 N–H and O–H groups in total. The van der Waals surface area contributed by atoms with Gasteiger partial charge >= 0.3 is 6.03 Å². The van der Waals surface area contributed by atoms with Crippen LogP contribution in [0, 0.1) is 0 Å². The summed E-state index contributed by atoms with van der Waals surface area (Å²) in [4.78, 5) is 11.0. The molecule has 1 aromatic rings. The third kappa shape index (κ3) is 5.24. The van der Waals surface area contributed by atoms with E-state index in [0.717, 1.165) is 18.7 Å². The third-order valence-corrected chi connectivity index (χ3v) is 2.08. The monoisotopic (exact) mass is 221 g/mol. The minimum absolute atomic E-state index is 0.0952. The highest BCUT2D eigenvalue weighted by Gasteiger charge is 1.95. The van der Waals surface area contributed by atoms with Crippen molar-refractivity contribution in [2.75, 3.05) is 25.0 Å². The maximum Gasteiger partial charge on any atom is 0.314 e. The van der Waals surface area contributed by atoms with Gasteiger partial charge in [0.05, 0.1) is 0 Å². The Morgan fingerprint density at radius 3 is 2.56 bits per heavy atom. The molecule has 0 bridgehead atoms. The Kier molecular flexibility index (Phi) is 5.84. The fraction of sp³-hybridized carbons (Fsp3) is 0.417. The van der Waals surface area contributed by atoms with E-state index in [-0.39, 0.29) is 6.03 Å². The zero-order valence-corrected chi connectivity index (χ0v) is 9.62. The first-order valence-electron chi connectivity index (χ1n) is 5.63. The van der Waals surface area contributed by atoms with Crippen molar-refractivity contribution in [1.82, 2.24) is 10.6 Å². The molecule has 0 radical (unpaired) electrons. The van der Waals surface area contributed by atoms with E-state index in [2.05, 4.69) is 16.0 Å². The number of para-hydroxylation sites is 1. The smallest absolute Gasteiger partial charge is 0.314 e. The first kappa shape index (κ1) is 12.4. The van der Waals surface area contributed by atoms with Gasteiger partial charge in [0.2, 0.25) is 0 Å². The zero-order valence-electron chi connectivity index (χ0n) is 9.62. The molecule has 1 aromatic carbocycles. The van der Waals surface area contributed by atoms with Gasteiger partial charge in [-0.05, 0) is 25.5 Å². The molecule has 0 aromatic heterocycles. The average Bonchev–Trinajstić information content (AvgIpc) is 2.30. The predicted octanol–water partition coefficient (Wildman–Crippen LogP) is 1.81. The number of anilines is 1. The summed E-state index contributed by atoms with van der Waals surface area (Å²) in [6.07, 6.45) is 0.909. The molecular weight excluding hydrogens is 202 g/mol. The molecule has 0 aliphatic rings. The molecule has 16 heavy (non-hydrogen) atoms. The molecule has 88 valence electrons. The lowest BCUT2D eigenvalue weighted by molar-refractivity contribution is 0.241. The maximum atomic E-state index is 11.0. The van der Waals surface area contributed by atoms with Crippen molar-refractivity contribution in [1.29, 1.82) is 0 Å². The van der Waals surface area contributed by atoms with Crippen molar-refractivity contribution in [3.63, 3.8) is 0 Å².